The first-order valence-corrected chi connectivity index (χ1v) is 11.0. The Kier molecular flexibility index (Phi) is 7.21. The number of esters is 1. The topological polar surface area (TPSA) is 115 Å². The molecule has 3 aromatic rings. The van der Waals surface area contributed by atoms with Crippen LogP contribution in [0.5, 0.6) is 0 Å². The summed E-state index contributed by atoms with van der Waals surface area (Å²) in [6, 6.07) is 13.1. The summed E-state index contributed by atoms with van der Waals surface area (Å²) >= 11 is 11.8. The molecule has 0 bridgehead atoms. The van der Waals surface area contributed by atoms with Crippen molar-refractivity contribution in [2.75, 3.05) is 11.3 Å². The predicted octanol–water partition coefficient (Wildman–Crippen LogP) is 3.86. The summed E-state index contributed by atoms with van der Waals surface area (Å²) < 4.78 is 37.9. The van der Waals surface area contributed by atoms with Gasteiger partial charge in [-0.05, 0) is 42.5 Å². The summed E-state index contributed by atoms with van der Waals surface area (Å²) in [6.45, 7) is -0.416. The van der Waals surface area contributed by atoms with Gasteiger partial charge >= 0.3 is 5.97 Å². The van der Waals surface area contributed by atoms with Gasteiger partial charge in [-0.3, -0.25) is 9.52 Å². The number of hydrogen-bond acceptors (Lipinski definition) is 6. The van der Waals surface area contributed by atoms with Gasteiger partial charge in [-0.25, -0.2) is 13.2 Å². The van der Waals surface area contributed by atoms with Crippen LogP contribution in [-0.4, -0.2) is 26.9 Å². The lowest BCUT2D eigenvalue weighted by Crippen LogP contribution is -2.28. The normalized spacial score (nSPS) is 11.0. The first-order chi connectivity index (χ1) is 14.8. The number of anilines is 1. The van der Waals surface area contributed by atoms with Crippen LogP contribution in [0.15, 0.2) is 70.2 Å². The fourth-order valence-corrected chi connectivity index (χ4v) is 4.34. The molecule has 0 saturated heterocycles. The highest BCUT2D eigenvalue weighted by atomic mass is 35.5. The molecule has 2 N–H and O–H groups in total. The number of carbonyl (C=O) groups excluding carboxylic acids is 2. The third-order valence-electron chi connectivity index (χ3n) is 3.95. The highest BCUT2D eigenvalue weighted by Gasteiger charge is 2.22. The van der Waals surface area contributed by atoms with Crippen LogP contribution in [0, 0.1) is 0 Å². The van der Waals surface area contributed by atoms with E-state index in [2.05, 4.69) is 10.0 Å². The van der Waals surface area contributed by atoms with E-state index in [-0.39, 0.29) is 32.7 Å². The molecular weight excluding hydrogens is 467 g/mol. The Bertz CT molecular complexity index is 1200. The van der Waals surface area contributed by atoms with Crippen LogP contribution in [0.25, 0.3) is 0 Å². The molecule has 0 atom stereocenters. The lowest BCUT2D eigenvalue weighted by molar-refractivity contribution is -0.124. The Morgan fingerprint density at radius 3 is 2.55 bits per heavy atom. The molecule has 0 radical (unpaired) electrons. The largest absolute Gasteiger partial charge is 0.467 e. The molecule has 3 rings (SSSR count). The van der Waals surface area contributed by atoms with E-state index in [0.29, 0.717) is 5.76 Å². The molecule has 1 aromatic heterocycles. The highest BCUT2D eigenvalue weighted by molar-refractivity contribution is 7.92. The number of rotatable bonds is 8. The fraction of sp³-hybridized carbons (Fsp3) is 0.100. The van der Waals surface area contributed by atoms with Gasteiger partial charge < -0.3 is 14.5 Å². The molecule has 0 spiro atoms. The third-order valence-corrected chi connectivity index (χ3v) is 6.03. The van der Waals surface area contributed by atoms with Gasteiger partial charge in [-0.15, -0.1) is 0 Å². The smallest absolute Gasteiger partial charge is 0.340 e. The van der Waals surface area contributed by atoms with Crippen molar-refractivity contribution in [1.82, 2.24) is 5.32 Å². The van der Waals surface area contributed by atoms with Crippen molar-refractivity contribution in [3.63, 3.8) is 0 Å². The molecule has 162 valence electrons. The van der Waals surface area contributed by atoms with Crippen LogP contribution in [0.3, 0.4) is 0 Å². The number of amides is 1. The van der Waals surface area contributed by atoms with E-state index < -0.39 is 28.5 Å². The molecule has 0 unspecified atom stereocenters. The van der Waals surface area contributed by atoms with E-state index in [4.69, 9.17) is 32.4 Å². The van der Waals surface area contributed by atoms with Crippen LogP contribution in [0.1, 0.15) is 16.1 Å². The summed E-state index contributed by atoms with van der Waals surface area (Å²) in [5.41, 5.74) is -0.123. The minimum Gasteiger partial charge on any atom is -0.467 e. The molecule has 1 amide bonds. The number of benzene rings is 2. The van der Waals surface area contributed by atoms with E-state index in [1.54, 1.807) is 12.1 Å². The van der Waals surface area contributed by atoms with Crippen molar-refractivity contribution < 1.29 is 27.2 Å². The number of halogens is 2. The van der Waals surface area contributed by atoms with E-state index in [9.17, 15) is 18.0 Å². The van der Waals surface area contributed by atoms with Crippen LogP contribution >= 0.6 is 23.2 Å². The number of ether oxygens (including phenoxy) is 1. The summed E-state index contributed by atoms with van der Waals surface area (Å²) in [6.07, 6.45) is 1.47. The molecule has 0 aliphatic heterocycles. The fourth-order valence-electron chi connectivity index (χ4n) is 2.49. The van der Waals surface area contributed by atoms with E-state index in [1.807, 2.05) is 0 Å². The first kappa shape index (κ1) is 22.7. The Morgan fingerprint density at radius 1 is 1.03 bits per heavy atom. The molecule has 0 aliphatic carbocycles. The second-order valence-electron chi connectivity index (χ2n) is 6.16. The Labute approximate surface area is 188 Å². The minimum atomic E-state index is -4.15. The van der Waals surface area contributed by atoms with Gasteiger partial charge in [0, 0.05) is 5.02 Å². The molecule has 31 heavy (non-hydrogen) atoms. The number of nitrogens with one attached hydrogen (secondary N) is 2. The zero-order valence-electron chi connectivity index (χ0n) is 15.8. The summed E-state index contributed by atoms with van der Waals surface area (Å²) in [4.78, 5) is 24.1. The Hall–Kier alpha value is -3.01. The van der Waals surface area contributed by atoms with Crippen LogP contribution < -0.4 is 10.0 Å². The Balaban J connectivity index is 1.68. The Morgan fingerprint density at radius 2 is 1.81 bits per heavy atom. The van der Waals surface area contributed by atoms with Gasteiger partial charge in [-0.2, -0.15) is 0 Å². The summed E-state index contributed by atoms with van der Waals surface area (Å²) in [5, 5.41) is 2.67. The molecule has 2 aromatic carbocycles. The van der Waals surface area contributed by atoms with Crippen molar-refractivity contribution in [2.24, 2.45) is 0 Å². The second-order valence-corrected chi connectivity index (χ2v) is 8.65. The van der Waals surface area contributed by atoms with Crippen molar-refractivity contribution in [3.8, 4) is 0 Å². The van der Waals surface area contributed by atoms with Crippen LogP contribution in [-0.2, 0) is 26.1 Å². The van der Waals surface area contributed by atoms with Gasteiger partial charge in [0.15, 0.2) is 6.61 Å². The molecule has 0 aliphatic rings. The number of sulfonamides is 1. The minimum absolute atomic E-state index is 0.0369. The van der Waals surface area contributed by atoms with Gasteiger partial charge in [0.1, 0.15) is 10.7 Å². The van der Waals surface area contributed by atoms with E-state index >= 15 is 0 Å². The lowest BCUT2D eigenvalue weighted by Gasteiger charge is -2.13. The predicted molar refractivity (Wildman–Crippen MR) is 115 cm³/mol. The van der Waals surface area contributed by atoms with Crippen molar-refractivity contribution in [2.45, 2.75) is 11.4 Å². The van der Waals surface area contributed by atoms with Crippen LogP contribution in [0.2, 0.25) is 10.0 Å². The lowest BCUT2D eigenvalue weighted by atomic mass is 10.2. The maximum Gasteiger partial charge on any atom is 0.340 e. The molecule has 8 nitrogen and oxygen atoms in total. The summed E-state index contributed by atoms with van der Waals surface area (Å²) in [7, 11) is -4.15. The number of furan rings is 1. The average Bonchev–Trinajstić information content (AvgIpc) is 3.26. The molecule has 11 heteroatoms. The van der Waals surface area contributed by atoms with E-state index in [1.165, 1.54) is 48.7 Å². The zero-order valence-corrected chi connectivity index (χ0v) is 18.1. The standard InChI is InChI=1S/C20H16Cl2N2O6S/c21-13-7-8-16(22)18(10-13)31(27,28)24-17-6-2-1-5-15(17)20(26)30-12-19(25)23-11-14-4-3-9-29-14/h1-10,24H,11-12H2,(H,23,25). The second kappa shape index (κ2) is 9.86. The quantitative estimate of drug-likeness (QED) is 0.471. The summed E-state index contributed by atoms with van der Waals surface area (Å²) in [5.74, 6) is -0.892. The highest BCUT2D eigenvalue weighted by Crippen LogP contribution is 2.28. The van der Waals surface area contributed by atoms with Gasteiger partial charge in [-0.1, -0.05) is 35.3 Å². The monoisotopic (exact) mass is 482 g/mol. The third kappa shape index (κ3) is 6.00. The maximum absolute atomic E-state index is 12.7. The molecular formula is C20H16Cl2N2O6S. The average molecular weight is 483 g/mol. The molecule has 0 saturated carbocycles. The van der Waals surface area contributed by atoms with Gasteiger partial charge in [0.05, 0.1) is 29.1 Å². The maximum atomic E-state index is 12.7. The first-order valence-electron chi connectivity index (χ1n) is 8.79. The molecule has 1 heterocycles. The van der Waals surface area contributed by atoms with E-state index in [0.717, 1.165) is 0 Å². The van der Waals surface area contributed by atoms with Gasteiger partial charge in [0.25, 0.3) is 15.9 Å². The SMILES string of the molecule is O=C(COC(=O)c1ccccc1NS(=O)(=O)c1cc(Cl)ccc1Cl)NCc1ccco1. The zero-order chi connectivity index (χ0) is 22.4. The van der Waals surface area contributed by atoms with Crippen LogP contribution in [0.4, 0.5) is 5.69 Å². The van der Waals surface area contributed by atoms with Crippen molar-refractivity contribution in [3.05, 3.63) is 82.2 Å². The van der Waals surface area contributed by atoms with Crippen molar-refractivity contribution in [1.29, 1.82) is 0 Å². The molecule has 0 fully saturated rings. The van der Waals surface area contributed by atoms with Crippen molar-refractivity contribution >= 4 is 50.8 Å². The number of carbonyl (C=O) groups is 2. The number of hydrogen-bond donors (Lipinski definition) is 2. The number of para-hydroxylation sites is 1. The van der Waals surface area contributed by atoms with Gasteiger partial charge in [0.2, 0.25) is 0 Å².